The highest BCUT2D eigenvalue weighted by molar-refractivity contribution is 7.21. The number of nitrogens with one attached hydrogen (secondary N) is 1. The summed E-state index contributed by atoms with van der Waals surface area (Å²) in [6.07, 6.45) is 0.708. The Hall–Kier alpha value is -3.25. The number of carbonyl (C=O) groups excluding carboxylic acids is 1. The Morgan fingerprint density at radius 2 is 1.79 bits per heavy atom. The predicted molar refractivity (Wildman–Crippen MR) is 128 cm³/mol. The fraction of sp³-hybridized carbons (Fsp3) is 0.222. The molecular formula is C27H23F2NO2S. The zero-order valence-corrected chi connectivity index (χ0v) is 19.1. The Kier molecular flexibility index (Phi) is 5.62. The summed E-state index contributed by atoms with van der Waals surface area (Å²) in [6, 6.07) is 16.9. The predicted octanol–water partition coefficient (Wildman–Crippen LogP) is 7.22. The molecule has 3 nitrogen and oxygen atoms in total. The zero-order chi connectivity index (χ0) is 23.1. The van der Waals surface area contributed by atoms with Gasteiger partial charge in [-0.3, -0.25) is 4.79 Å². The largest absolute Gasteiger partial charge is 0.493 e. The average Bonchev–Trinajstić information content (AvgIpc) is 3.18. The fourth-order valence-corrected chi connectivity index (χ4v) is 5.78. The molecule has 1 aliphatic heterocycles. The highest BCUT2D eigenvalue weighted by Gasteiger charge is 2.26. The number of fused-ring (bicyclic) bond motifs is 2. The molecule has 1 N–H and O–H groups in total. The van der Waals surface area contributed by atoms with Crippen LogP contribution >= 0.6 is 11.3 Å². The van der Waals surface area contributed by atoms with Crippen molar-refractivity contribution in [3.05, 3.63) is 88.3 Å². The maximum Gasteiger partial charge on any atom is 0.262 e. The van der Waals surface area contributed by atoms with E-state index in [1.54, 1.807) is 0 Å². The molecule has 0 saturated carbocycles. The average molecular weight is 464 g/mol. The minimum absolute atomic E-state index is 0.111. The van der Waals surface area contributed by atoms with Gasteiger partial charge in [0.1, 0.15) is 17.4 Å². The first-order chi connectivity index (χ1) is 15.9. The molecule has 3 aromatic carbocycles. The second-order valence-electron chi connectivity index (χ2n) is 8.57. The number of amides is 1. The van der Waals surface area contributed by atoms with E-state index in [0.29, 0.717) is 29.0 Å². The van der Waals surface area contributed by atoms with E-state index in [2.05, 4.69) is 19.2 Å². The van der Waals surface area contributed by atoms with Crippen LogP contribution in [0.15, 0.2) is 60.7 Å². The summed E-state index contributed by atoms with van der Waals surface area (Å²) in [5, 5.41) is 4.19. The van der Waals surface area contributed by atoms with Gasteiger partial charge < -0.3 is 10.1 Å². The number of thiophene rings is 1. The minimum atomic E-state index is -0.615. The third kappa shape index (κ3) is 4.11. The molecule has 0 radical (unpaired) electrons. The number of para-hydroxylation sites is 1. The minimum Gasteiger partial charge on any atom is -0.493 e. The highest BCUT2D eigenvalue weighted by Crippen LogP contribution is 2.39. The first kappa shape index (κ1) is 21.6. The van der Waals surface area contributed by atoms with Crippen LogP contribution in [0.25, 0.3) is 21.2 Å². The van der Waals surface area contributed by atoms with Gasteiger partial charge in [-0.2, -0.15) is 0 Å². The lowest BCUT2D eigenvalue weighted by molar-refractivity contribution is 0.0928. The van der Waals surface area contributed by atoms with Gasteiger partial charge in [0, 0.05) is 22.8 Å². The van der Waals surface area contributed by atoms with Crippen molar-refractivity contribution in [3.8, 4) is 16.9 Å². The Bertz CT molecular complexity index is 1340. The summed E-state index contributed by atoms with van der Waals surface area (Å²) in [6.45, 7) is 4.69. The van der Waals surface area contributed by atoms with Crippen molar-refractivity contribution in [2.75, 3.05) is 6.61 Å². The molecule has 0 spiro atoms. The lowest BCUT2D eigenvalue weighted by Crippen LogP contribution is -2.32. The van der Waals surface area contributed by atoms with Crippen LogP contribution in [0.2, 0.25) is 0 Å². The second-order valence-corrected chi connectivity index (χ2v) is 9.62. The van der Waals surface area contributed by atoms with Crippen molar-refractivity contribution in [3.63, 3.8) is 0 Å². The quantitative estimate of drug-likeness (QED) is 0.347. The summed E-state index contributed by atoms with van der Waals surface area (Å²) in [5.41, 5.74) is 3.16. The van der Waals surface area contributed by atoms with Crippen LogP contribution in [0.1, 0.15) is 53.0 Å². The molecule has 2 heterocycles. The van der Waals surface area contributed by atoms with E-state index in [0.717, 1.165) is 33.0 Å². The molecular weight excluding hydrogens is 440 g/mol. The topological polar surface area (TPSA) is 38.3 Å². The summed E-state index contributed by atoms with van der Waals surface area (Å²) < 4.78 is 34.1. The second kappa shape index (κ2) is 8.60. The van der Waals surface area contributed by atoms with Crippen LogP contribution in [0.3, 0.4) is 0 Å². The number of hydrogen-bond acceptors (Lipinski definition) is 3. The molecule has 1 aliphatic rings. The van der Waals surface area contributed by atoms with Crippen LogP contribution in [-0.4, -0.2) is 12.5 Å². The van der Waals surface area contributed by atoms with E-state index in [4.69, 9.17) is 4.74 Å². The van der Waals surface area contributed by atoms with Crippen LogP contribution in [0.5, 0.6) is 5.75 Å². The summed E-state index contributed by atoms with van der Waals surface area (Å²) in [5.74, 6) is -0.396. The van der Waals surface area contributed by atoms with Crippen molar-refractivity contribution in [2.45, 2.75) is 32.2 Å². The number of rotatable bonds is 4. The maximum atomic E-state index is 13.7. The first-order valence-corrected chi connectivity index (χ1v) is 11.8. The van der Waals surface area contributed by atoms with E-state index in [-0.39, 0.29) is 17.9 Å². The molecule has 0 bridgehead atoms. The smallest absolute Gasteiger partial charge is 0.262 e. The molecule has 4 aromatic rings. The van der Waals surface area contributed by atoms with Crippen molar-refractivity contribution in [1.29, 1.82) is 0 Å². The van der Waals surface area contributed by atoms with Crippen molar-refractivity contribution >= 4 is 27.3 Å². The van der Waals surface area contributed by atoms with Gasteiger partial charge in [0.05, 0.1) is 17.5 Å². The van der Waals surface area contributed by atoms with Gasteiger partial charge in [-0.25, -0.2) is 8.78 Å². The monoisotopic (exact) mass is 463 g/mol. The molecule has 168 valence electrons. The summed E-state index contributed by atoms with van der Waals surface area (Å²) in [4.78, 5) is 14.1. The van der Waals surface area contributed by atoms with Gasteiger partial charge in [-0.1, -0.05) is 44.2 Å². The van der Waals surface area contributed by atoms with E-state index in [1.807, 2.05) is 42.5 Å². The van der Waals surface area contributed by atoms with E-state index in [9.17, 15) is 13.6 Å². The Labute approximate surface area is 195 Å². The first-order valence-electron chi connectivity index (χ1n) is 11.0. The molecule has 6 heteroatoms. The molecule has 1 aromatic heterocycles. The van der Waals surface area contributed by atoms with Gasteiger partial charge in [0.2, 0.25) is 0 Å². The molecule has 5 rings (SSSR count). The lowest BCUT2D eigenvalue weighted by Gasteiger charge is -2.26. The van der Waals surface area contributed by atoms with E-state index >= 15 is 0 Å². The zero-order valence-electron chi connectivity index (χ0n) is 18.3. The maximum absolute atomic E-state index is 13.7. The highest BCUT2D eigenvalue weighted by atomic mass is 32.1. The molecule has 0 aliphatic carbocycles. The van der Waals surface area contributed by atoms with Gasteiger partial charge in [-0.05, 0) is 52.3 Å². The third-order valence-corrected chi connectivity index (χ3v) is 7.14. The molecule has 0 unspecified atom stereocenters. The van der Waals surface area contributed by atoms with Crippen LogP contribution in [-0.2, 0) is 0 Å². The van der Waals surface area contributed by atoms with Gasteiger partial charge in [0.15, 0.2) is 0 Å². The Balaban J connectivity index is 1.52. The van der Waals surface area contributed by atoms with Crippen LogP contribution in [0.4, 0.5) is 8.78 Å². The number of hydrogen-bond donors (Lipinski definition) is 1. The Morgan fingerprint density at radius 3 is 2.55 bits per heavy atom. The number of benzene rings is 3. The SMILES string of the molecule is CC(C)c1c(C(=O)N[C@H]2CCOc3ccccc32)sc2cc(-c3cc(F)cc(F)c3)ccc12. The number of carbonyl (C=O) groups is 1. The van der Waals surface area contributed by atoms with Crippen molar-refractivity contribution in [2.24, 2.45) is 0 Å². The van der Waals surface area contributed by atoms with Gasteiger partial charge in [0.25, 0.3) is 5.91 Å². The van der Waals surface area contributed by atoms with Gasteiger partial charge in [-0.15, -0.1) is 11.3 Å². The third-order valence-electron chi connectivity index (χ3n) is 5.97. The van der Waals surface area contributed by atoms with Crippen molar-refractivity contribution in [1.82, 2.24) is 5.32 Å². The molecule has 0 fully saturated rings. The van der Waals surface area contributed by atoms with E-state index < -0.39 is 11.6 Å². The molecule has 1 atom stereocenters. The Morgan fingerprint density at radius 1 is 1.03 bits per heavy atom. The summed E-state index contributed by atoms with van der Waals surface area (Å²) >= 11 is 1.42. The molecule has 33 heavy (non-hydrogen) atoms. The number of halogens is 2. The molecule has 0 saturated heterocycles. The van der Waals surface area contributed by atoms with Crippen LogP contribution in [0, 0.1) is 11.6 Å². The fourth-order valence-electron chi connectivity index (χ4n) is 4.47. The summed E-state index contributed by atoms with van der Waals surface area (Å²) in [7, 11) is 0. The van der Waals surface area contributed by atoms with Crippen molar-refractivity contribution < 1.29 is 18.3 Å². The molecule has 1 amide bonds. The van der Waals surface area contributed by atoms with E-state index in [1.165, 1.54) is 23.5 Å². The normalized spacial score (nSPS) is 15.4. The lowest BCUT2D eigenvalue weighted by atomic mass is 9.96. The standard InChI is InChI=1S/C27H23F2NO2S/c1-15(2)25-21-8-7-16(17-11-18(28)14-19(29)12-17)13-24(21)33-26(25)27(31)30-22-9-10-32-23-6-4-3-5-20(22)23/h3-8,11-15,22H,9-10H2,1-2H3,(H,30,31)/t22-/m0/s1. The number of ether oxygens (including phenoxy) is 1. The van der Waals surface area contributed by atoms with Gasteiger partial charge >= 0.3 is 0 Å². The van der Waals surface area contributed by atoms with Crippen LogP contribution < -0.4 is 10.1 Å².